The number of fused-ring (bicyclic) bond motifs is 6. The van der Waals surface area contributed by atoms with Crippen molar-refractivity contribution < 1.29 is 0 Å². The molecule has 0 atom stereocenters. The minimum absolute atomic E-state index is 1.20. The molecule has 0 unspecified atom stereocenters. The molecule has 9 rings (SSSR count). The minimum Gasteiger partial charge on any atom is -0.309 e. The van der Waals surface area contributed by atoms with Crippen LogP contribution >= 0.6 is 11.3 Å². The van der Waals surface area contributed by atoms with Gasteiger partial charge in [0.15, 0.2) is 0 Å². The molecule has 0 bridgehead atoms. The van der Waals surface area contributed by atoms with Crippen LogP contribution in [0.15, 0.2) is 164 Å². The number of hydrogen-bond donors (Lipinski definition) is 0. The van der Waals surface area contributed by atoms with E-state index < -0.39 is 0 Å². The molecule has 0 aliphatic carbocycles. The normalized spacial score (nSPS) is 11.6. The first kappa shape index (κ1) is 25.1. The van der Waals surface area contributed by atoms with Gasteiger partial charge < -0.3 is 4.57 Å². The predicted octanol–water partition coefficient (Wildman–Crippen LogP) is 12.2. The van der Waals surface area contributed by atoms with Crippen LogP contribution in [0.4, 0.5) is 0 Å². The fourth-order valence-electron chi connectivity index (χ4n) is 6.75. The number of aromatic nitrogens is 1. The van der Waals surface area contributed by atoms with E-state index in [-0.39, 0.29) is 0 Å². The Morgan fingerprint density at radius 2 is 0.955 bits per heavy atom. The summed E-state index contributed by atoms with van der Waals surface area (Å²) < 4.78 is 5.02. The molecule has 0 radical (unpaired) electrons. The Morgan fingerprint density at radius 3 is 1.70 bits per heavy atom. The fourth-order valence-corrected chi connectivity index (χ4v) is 7.91. The molecular weight excluding hydrogens is 551 g/mol. The van der Waals surface area contributed by atoms with Crippen molar-refractivity contribution >= 4 is 53.3 Å². The average molecular weight is 578 g/mol. The van der Waals surface area contributed by atoms with E-state index in [1.54, 1.807) is 0 Å². The fraction of sp³-hybridized carbons (Fsp3) is 0. The zero-order valence-corrected chi connectivity index (χ0v) is 24.8. The maximum absolute atomic E-state index is 2.40. The Balaban J connectivity index is 1.15. The Hall–Kier alpha value is -5.44. The molecule has 7 aromatic carbocycles. The van der Waals surface area contributed by atoms with Gasteiger partial charge in [0.25, 0.3) is 0 Å². The molecule has 0 aliphatic rings. The van der Waals surface area contributed by atoms with E-state index in [1.165, 1.54) is 81.0 Å². The molecular formula is C42H27NS. The summed E-state index contributed by atoms with van der Waals surface area (Å²) in [6.07, 6.45) is 0. The van der Waals surface area contributed by atoms with Gasteiger partial charge in [0.2, 0.25) is 0 Å². The van der Waals surface area contributed by atoms with Gasteiger partial charge in [-0.2, -0.15) is 0 Å². The van der Waals surface area contributed by atoms with Crippen LogP contribution in [0.2, 0.25) is 0 Å². The Kier molecular flexibility index (Phi) is 5.75. The Morgan fingerprint density at radius 1 is 0.364 bits per heavy atom. The zero-order chi connectivity index (χ0) is 29.0. The molecule has 0 amide bonds. The second-order valence-electron chi connectivity index (χ2n) is 11.4. The average Bonchev–Trinajstić information content (AvgIpc) is 3.64. The summed E-state index contributed by atoms with van der Waals surface area (Å²) in [5.41, 5.74) is 11.1. The Bertz CT molecular complexity index is 2430. The summed E-state index contributed by atoms with van der Waals surface area (Å²) in [7, 11) is 0. The Labute approximate surface area is 259 Å². The number of thiophene rings is 1. The lowest BCUT2D eigenvalue weighted by molar-refractivity contribution is 1.19. The molecule has 0 fully saturated rings. The maximum atomic E-state index is 2.40. The molecule has 0 spiro atoms. The van der Waals surface area contributed by atoms with Gasteiger partial charge in [0.1, 0.15) is 0 Å². The van der Waals surface area contributed by atoms with Crippen molar-refractivity contribution in [3.05, 3.63) is 164 Å². The summed E-state index contributed by atoms with van der Waals surface area (Å²) >= 11 is 1.88. The van der Waals surface area contributed by atoms with Crippen molar-refractivity contribution in [3.8, 4) is 39.1 Å². The third-order valence-electron chi connectivity index (χ3n) is 8.82. The number of hydrogen-bond acceptors (Lipinski definition) is 1. The highest BCUT2D eigenvalue weighted by Gasteiger charge is 2.15. The monoisotopic (exact) mass is 577 g/mol. The van der Waals surface area contributed by atoms with Crippen molar-refractivity contribution in [1.29, 1.82) is 0 Å². The third-order valence-corrected chi connectivity index (χ3v) is 9.94. The van der Waals surface area contributed by atoms with E-state index in [4.69, 9.17) is 0 Å². The number of benzene rings is 7. The van der Waals surface area contributed by atoms with E-state index >= 15 is 0 Å². The first-order valence-corrected chi connectivity index (χ1v) is 15.8. The van der Waals surface area contributed by atoms with Crippen LogP contribution in [-0.2, 0) is 0 Å². The van der Waals surface area contributed by atoms with Crippen LogP contribution < -0.4 is 0 Å². The molecule has 1 nitrogen and oxygen atoms in total. The molecule has 9 aromatic rings. The van der Waals surface area contributed by atoms with E-state index in [2.05, 4.69) is 168 Å². The first-order valence-electron chi connectivity index (χ1n) is 15.0. The van der Waals surface area contributed by atoms with Gasteiger partial charge >= 0.3 is 0 Å². The smallest absolute Gasteiger partial charge is 0.0541 e. The summed E-state index contributed by atoms with van der Waals surface area (Å²) in [5, 5.41) is 5.22. The summed E-state index contributed by atoms with van der Waals surface area (Å²) in [5.74, 6) is 0. The van der Waals surface area contributed by atoms with E-state index in [1.807, 2.05) is 11.3 Å². The van der Waals surface area contributed by atoms with Gasteiger partial charge in [-0.05, 0) is 69.8 Å². The van der Waals surface area contributed by atoms with Crippen molar-refractivity contribution in [2.24, 2.45) is 0 Å². The molecule has 2 aromatic heterocycles. The molecule has 2 heterocycles. The summed E-state index contributed by atoms with van der Waals surface area (Å²) in [4.78, 5) is 0. The highest BCUT2D eigenvalue weighted by Crippen LogP contribution is 2.42. The van der Waals surface area contributed by atoms with Gasteiger partial charge in [-0.3, -0.25) is 0 Å². The lowest BCUT2D eigenvalue weighted by atomic mass is 9.95. The van der Waals surface area contributed by atoms with Gasteiger partial charge in [-0.15, -0.1) is 11.3 Å². The molecule has 0 saturated carbocycles. The second kappa shape index (κ2) is 10.1. The molecule has 0 aliphatic heterocycles. The van der Waals surface area contributed by atoms with Crippen LogP contribution in [0.25, 0.3) is 81.0 Å². The standard InChI is InChI=1S/C42H27NS/c1-2-10-28(11-3-1)29-20-22-30(23-21-29)31-12-8-13-32(26-31)34-16-9-19-40-42(34)37-25-24-33(27-41(37)44-40)43-38-17-6-4-14-35(38)36-15-5-7-18-39(36)43/h1-27H. The summed E-state index contributed by atoms with van der Waals surface area (Å²) in [6, 6.07) is 59.6. The van der Waals surface area contributed by atoms with Gasteiger partial charge in [-0.25, -0.2) is 0 Å². The summed E-state index contributed by atoms with van der Waals surface area (Å²) in [6.45, 7) is 0. The molecule has 2 heteroatoms. The molecule has 0 N–H and O–H groups in total. The minimum atomic E-state index is 1.20. The number of para-hydroxylation sites is 2. The van der Waals surface area contributed by atoms with Crippen LogP contribution in [0.1, 0.15) is 0 Å². The largest absolute Gasteiger partial charge is 0.309 e. The molecule has 44 heavy (non-hydrogen) atoms. The number of nitrogens with zero attached hydrogens (tertiary/aromatic N) is 1. The van der Waals surface area contributed by atoms with E-state index in [0.29, 0.717) is 0 Å². The van der Waals surface area contributed by atoms with Crippen LogP contribution in [0.3, 0.4) is 0 Å². The van der Waals surface area contributed by atoms with Gasteiger partial charge in [0, 0.05) is 36.6 Å². The topological polar surface area (TPSA) is 4.93 Å². The lowest BCUT2D eigenvalue weighted by Gasteiger charge is -2.10. The van der Waals surface area contributed by atoms with Crippen molar-refractivity contribution in [2.45, 2.75) is 0 Å². The SMILES string of the molecule is c1ccc(-c2ccc(-c3cccc(-c4cccc5sc6cc(-n7c8ccccc8c8ccccc87)ccc6c45)c3)cc2)cc1. The molecule has 0 saturated heterocycles. The highest BCUT2D eigenvalue weighted by molar-refractivity contribution is 7.26. The van der Waals surface area contributed by atoms with E-state index in [0.717, 1.165) is 0 Å². The van der Waals surface area contributed by atoms with Crippen molar-refractivity contribution in [3.63, 3.8) is 0 Å². The third kappa shape index (κ3) is 4.00. The van der Waals surface area contributed by atoms with Gasteiger partial charge in [0.05, 0.1) is 11.0 Å². The quantitative estimate of drug-likeness (QED) is 0.196. The first-order chi connectivity index (χ1) is 21.8. The zero-order valence-electron chi connectivity index (χ0n) is 23.9. The van der Waals surface area contributed by atoms with E-state index in [9.17, 15) is 0 Å². The van der Waals surface area contributed by atoms with Crippen molar-refractivity contribution in [1.82, 2.24) is 4.57 Å². The number of rotatable bonds is 4. The van der Waals surface area contributed by atoms with Gasteiger partial charge in [-0.1, -0.05) is 127 Å². The van der Waals surface area contributed by atoms with Crippen molar-refractivity contribution in [2.75, 3.05) is 0 Å². The highest BCUT2D eigenvalue weighted by atomic mass is 32.1. The van der Waals surface area contributed by atoms with Crippen LogP contribution in [0, 0.1) is 0 Å². The van der Waals surface area contributed by atoms with Crippen LogP contribution in [0.5, 0.6) is 0 Å². The lowest BCUT2D eigenvalue weighted by Crippen LogP contribution is -1.93. The van der Waals surface area contributed by atoms with Crippen LogP contribution in [-0.4, -0.2) is 4.57 Å². The predicted molar refractivity (Wildman–Crippen MR) is 190 cm³/mol. The maximum Gasteiger partial charge on any atom is 0.0541 e. The second-order valence-corrected chi connectivity index (χ2v) is 12.4. The molecule has 206 valence electrons.